The molecule has 0 unspecified atom stereocenters. The number of nitrogens with one attached hydrogen (secondary N) is 1. The van der Waals surface area contributed by atoms with Gasteiger partial charge in [-0.25, -0.2) is 0 Å². The molecule has 2 nitrogen and oxygen atoms in total. The Bertz CT molecular complexity index is 627. The van der Waals surface area contributed by atoms with Gasteiger partial charge in [-0.1, -0.05) is 23.7 Å². The Hall–Kier alpha value is -1.98. The van der Waals surface area contributed by atoms with E-state index in [1.165, 1.54) is 0 Å². The maximum absolute atomic E-state index is 9.08. The Balaban J connectivity index is 2.40. The average molecular weight is 257 g/mol. The maximum Gasteiger partial charge on any atom is 0.101 e. The van der Waals surface area contributed by atoms with E-state index in [0.717, 1.165) is 22.5 Å². The first-order chi connectivity index (χ1) is 8.60. The predicted molar refractivity (Wildman–Crippen MR) is 75.4 cm³/mol. The minimum Gasteiger partial charge on any atom is -0.353 e. The second-order valence-corrected chi connectivity index (χ2v) is 4.68. The summed E-state index contributed by atoms with van der Waals surface area (Å²) in [6.07, 6.45) is 0. The van der Waals surface area contributed by atoms with Crippen molar-refractivity contribution < 1.29 is 0 Å². The Morgan fingerprint density at radius 2 is 1.67 bits per heavy atom. The number of halogens is 1. The van der Waals surface area contributed by atoms with E-state index >= 15 is 0 Å². The van der Waals surface area contributed by atoms with Crippen molar-refractivity contribution >= 4 is 23.0 Å². The lowest BCUT2D eigenvalue weighted by molar-refractivity contribution is 1.40. The summed E-state index contributed by atoms with van der Waals surface area (Å²) >= 11 is 6.17. The van der Waals surface area contributed by atoms with Crippen molar-refractivity contribution in [3.63, 3.8) is 0 Å². The van der Waals surface area contributed by atoms with Gasteiger partial charge in [-0.05, 0) is 49.2 Å². The summed E-state index contributed by atoms with van der Waals surface area (Å²) in [6.45, 7) is 3.98. The van der Waals surface area contributed by atoms with Crippen LogP contribution >= 0.6 is 11.6 Å². The monoisotopic (exact) mass is 256 g/mol. The standard InChI is InChI=1S/C15H13ClN2/c1-10-4-6-14(13(16)7-10)18-15-8-11(2)3-5-12(15)9-17/h3-8,18H,1-2H3. The van der Waals surface area contributed by atoms with Gasteiger partial charge in [0.15, 0.2) is 0 Å². The topological polar surface area (TPSA) is 35.8 Å². The number of nitriles is 1. The highest BCUT2D eigenvalue weighted by Crippen LogP contribution is 2.28. The third-order valence-electron chi connectivity index (χ3n) is 2.69. The number of hydrogen-bond donors (Lipinski definition) is 1. The minimum atomic E-state index is 0.609. The van der Waals surface area contributed by atoms with Gasteiger partial charge in [-0.2, -0.15) is 5.26 Å². The molecule has 18 heavy (non-hydrogen) atoms. The summed E-state index contributed by atoms with van der Waals surface area (Å²) in [5, 5.41) is 12.9. The molecule has 0 aliphatic carbocycles. The zero-order valence-corrected chi connectivity index (χ0v) is 11.0. The van der Waals surface area contributed by atoms with E-state index in [2.05, 4.69) is 11.4 Å². The second-order valence-electron chi connectivity index (χ2n) is 4.27. The summed E-state index contributed by atoms with van der Waals surface area (Å²) in [7, 11) is 0. The number of hydrogen-bond acceptors (Lipinski definition) is 2. The van der Waals surface area contributed by atoms with Gasteiger partial charge in [-0.3, -0.25) is 0 Å². The van der Waals surface area contributed by atoms with Crippen molar-refractivity contribution in [2.45, 2.75) is 13.8 Å². The SMILES string of the molecule is Cc1ccc(Nc2cc(C)ccc2C#N)c(Cl)c1. The number of aryl methyl sites for hydroxylation is 2. The molecule has 0 spiro atoms. The van der Waals surface area contributed by atoms with Crippen LogP contribution in [0.1, 0.15) is 16.7 Å². The first-order valence-electron chi connectivity index (χ1n) is 5.64. The van der Waals surface area contributed by atoms with Crippen molar-refractivity contribution in [2.75, 3.05) is 5.32 Å². The molecule has 0 amide bonds. The Kier molecular flexibility index (Phi) is 3.55. The van der Waals surface area contributed by atoms with Crippen LogP contribution in [0.25, 0.3) is 0 Å². The van der Waals surface area contributed by atoms with Crippen LogP contribution in [0.3, 0.4) is 0 Å². The molecule has 0 aromatic heterocycles. The summed E-state index contributed by atoms with van der Waals surface area (Å²) in [5.41, 5.74) is 4.40. The van der Waals surface area contributed by atoms with E-state index in [1.807, 2.05) is 44.2 Å². The van der Waals surface area contributed by atoms with Crippen molar-refractivity contribution in [3.8, 4) is 6.07 Å². The Labute approximate surface area is 112 Å². The van der Waals surface area contributed by atoms with Crippen LogP contribution in [0.5, 0.6) is 0 Å². The minimum absolute atomic E-state index is 0.609. The predicted octanol–water partition coefficient (Wildman–Crippen LogP) is 4.57. The van der Waals surface area contributed by atoms with Crippen LogP contribution in [-0.4, -0.2) is 0 Å². The molecule has 0 bridgehead atoms. The van der Waals surface area contributed by atoms with E-state index in [1.54, 1.807) is 6.07 Å². The summed E-state index contributed by atoms with van der Waals surface area (Å²) < 4.78 is 0. The quantitative estimate of drug-likeness (QED) is 0.854. The largest absolute Gasteiger partial charge is 0.353 e. The molecule has 0 atom stereocenters. The van der Waals surface area contributed by atoms with Gasteiger partial charge in [0.25, 0.3) is 0 Å². The molecule has 2 aromatic rings. The lowest BCUT2D eigenvalue weighted by atomic mass is 10.1. The molecule has 0 aliphatic heterocycles. The zero-order chi connectivity index (χ0) is 13.1. The summed E-state index contributed by atoms with van der Waals surface area (Å²) in [6, 6.07) is 13.6. The van der Waals surface area contributed by atoms with Crippen molar-refractivity contribution in [1.82, 2.24) is 0 Å². The third kappa shape index (κ3) is 2.64. The van der Waals surface area contributed by atoms with Crippen LogP contribution < -0.4 is 5.32 Å². The van der Waals surface area contributed by atoms with Gasteiger partial charge in [0.1, 0.15) is 6.07 Å². The number of rotatable bonds is 2. The molecule has 90 valence electrons. The highest BCUT2D eigenvalue weighted by molar-refractivity contribution is 6.33. The van der Waals surface area contributed by atoms with Gasteiger partial charge in [0.2, 0.25) is 0 Å². The second kappa shape index (κ2) is 5.12. The molecule has 0 heterocycles. The molecule has 0 radical (unpaired) electrons. The Morgan fingerprint density at radius 3 is 2.33 bits per heavy atom. The molecule has 2 rings (SSSR count). The fourth-order valence-corrected chi connectivity index (χ4v) is 2.01. The van der Waals surface area contributed by atoms with Gasteiger partial charge in [0.05, 0.1) is 22.0 Å². The van der Waals surface area contributed by atoms with Crippen LogP contribution in [-0.2, 0) is 0 Å². The molecule has 0 aliphatic rings. The van der Waals surface area contributed by atoms with Crippen molar-refractivity contribution in [3.05, 3.63) is 58.1 Å². The maximum atomic E-state index is 9.08. The highest BCUT2D eigenvalue weighted by Gasteiger charge is 2.05. The normalized spacial score (nSPS) is 9.89. The molecule has 0 saturated heterocycles. The zero-order valence-electron chi connectivity index (χ0n) is 10.3. The van der Waals surface area contributed by atoms with E-state index in [9.17, 15) is 0 Å². The molecule has 2 aromatic carbocycles. The van der Waals surface area contributed by atoms with Crippen LogP contribution in [0.15, 0.2) is 36.4 Å². The first-order valence-corrected chi connectivity index (χ1v) is 6.02. The number of anilines is 2. The van der Waals surface area contributed by atoms with Crippen LogP contribution in [0.4, 0.5) is 11.4 Å². The molecular formula is C15H13ClN2. The van der Waals surface area contributed by atoms with Gasteiger partial charge >= 0.3 is 0 Å². The average Bonchev–Trinajstić information content (AvgIpc) is 2.33. The number of benzene rings is 2. The van der Waals surface area contributed by atoms with Gasteiger partial charge < -0.3 is 5.32 Å². The van der Waals surface area contributed by atoms with E-state index in [0.29, 0.717) is 10.6 Å². The lowest BCUT2D eigenvalue weighted by Gasteiger charge is -2.11. The van der Waals surface area contributed by atoms with Crippen molar-refractivity contribution in [1.29, 1.82) is 5.26 Å². The number of nitrogens with zero attached hydrogens (tertiary/aromatic N) is 1. The van der Waals surface area contributed by atoms with E-state index < -0.39 is 0 Å². The van der Waals surface area contributed by atoms with Gasteiger partial charge in [0, 0.05) is 0 Å². The molecule has 1 N–H and O–H groups in total. The summed E-state index contributed by atoms with van der Waals surface area (Å²) in [4.78, 5) is 0. The third-order valence-corrected chi connectivity index (χ3v) is 3.00. The van der Waals surface area contributed by atoms with Crippen LogP contribution in [0, 0.1) is 25.2 Å². The van der Waals surface area contributed by atoms with E-state index in [4.69, 9.17) is 16.9 Å². The molecule has 3 heteroatoms. The van der Waals surface area contributed by atoms with Crippen LogP contribution in [0.2, 0.25) is 5.02 Å². The lowest BCUT2D eigenvalue weighted by Crippen LogP contribution is -1.95. The van der Waals surface area contributed by atoms with Gasteiger partial charge in [-0.15, -0.1) is 0 Å². The fraction of sp³-hybridized carbons (Fsp3) is 0.133. The molecule has 0 fully saturated rings. The smallest absolute Gasteiger partial charge is 0.101 e. The highest BCUT2D eigenvalue weighted by atomic mass is 35.5. The summed E-state index contributed by atoms with van der Waals surface area (Å²) in [5.74, 6) is 0. The van der Waals surface area contributed by atoms with E-state index in [-0.39, 0.29) is 0 Å². The first kappa shape index (κ1) is 12.5. The molecular weight excluding hydrogens is 244 g/mol. The van der Waals surface area contributed by atoms with Crippen molar-refractivity contribution in [2.24, 2.45) is 0 Å². The Morgan fingerprint density at radius 1 is 1.00 bits per heavy atom. The fourth-order valence-electron chi connectivity index (χ4n) is 1.73. The molecule has 0 saturated carbocycles.